The number of carbonyl (C=O) groups excluding carboxylic acids is 1. The number of hydrogen-bond acceptors (Lipinski definition) is 1. The van der Waals surface area contributed by atoms with Crippen LogP contribution < -0.4 is 0 Å². The molecule has 0 aromatic heterocycles. The summed E-state index contributed by atoms with van der Waals surface area (Å²) in [5, 5.41) is 0.610. The molecule has 2 aromatic rings. The highest BCUT2D eigenvalue weighted by Gasteiger charge is 2.15. The SMILES string of the molecule is O=C(Cc1ccc(Cl)cc1)c1c(F)cccc1Br. The summed E-state index contributed by atoms with van der Waals surface area (Å²) in [6.45, 7) is 0. The molecule has 0 atom stereocenters. The molecule has 0 amide bonds. The zero-order valence-corrected chi connectivity index (χ0v) is 11.6. The summed E-state index contributed by atoms with van der Waals surface area (Å²) in [7, 11) is 0. The molecule has 4 heteroatoms. The summed E-state index contributed by atoms with van der Waals surface area (Å²) in [6, 6.07) is 11.4. The van der Waals surface area contributed by atoms with Crippen LogP contribution in [0.1, 0.15) is 15.9 Å². The molecule has 2 aromatic carbocycles. The summed E-state index contributed by atoms with van der Waals surface area (Å²) in [4.78, 5) is 12.0. The summed E-state index contributed by atoms with van der Waals surface area (Å²) < 4.78 is 14.1. The van der Waals surface area contributed by atoms with Crippen LogP contribution in [0.2, 0.25) is 5.02 Å². The van der Waals surface area contributed by atoms with Gasteiger partial charge in [0.05, 0.1) is 5.56 Å². The molecule has 0 N–H and O–H groups in total. The van der Waals surface area contributed by atoms with Gasteiger partial charge in [-0.15, -0.1) is 0 Å². The summed E-state index contributed by atoms with van der Waals surface area (Å²) >= 11 is 8.95. The van der Waals surface area contributed by atoms with Crippen molar-refractivity contribution in [3.8, 4) is 0 Å². The van der Waals surface area contributed by atoms with E-state index in [0.29, 0.717) is 9.50 Å². The Labute approximate surface area is 118 Å². The molecule has 0 aliphatic rings. The molecule has 0 fully saturated rings. The van der Waals surface area contributed by atoms with E-state index in [1.807, 2.05) is 0 Å². The normalized spacial score (nSPS) is 10.4. The van der Waals surface area contributed by atoms with Crippen LogP contribution in [0, 0.1) is 5.82 Å². The quantitative estimate of drug-likeness (QED) is 0.749. The Bertz CT molecular complexity index is 561. The predicted molar refractivity (Wildman–Crippen MR) is 73.6 cm³/mol. The summed E-state index contributed by atoms with van der Waals surface area (Å²) in [5.41, 5.74) is 0.895. The van der Waals surface area contributed by atoms with Crippen LogP contribution in [0.3, 0.4) is 0 Å². The van der Waals surface area contributed by atoms with Crippen molar-refractivity contribution in [3.63, 3.8) is 0 Å². The van der Waals surface area contributed by atoms with E-state index in [-0.39, 0.29) is 17.8 Å². The van der Waals surface area contributed by atoms with Gasteiger partial charge in [-0.25, -0.2) is 4.39 Å². The van der Waals surface area contributed by atoms with E-state index in [0.717, 1.165) is 5.56 Å². The van der Waals surface area contributed by atoms with Gasteiger partial charge in [0.2, 0.25) is 0 Å². The van der Waals surface area contributed by atoms with Gasteiger partial charge < -0.3 is 0 Å². The maximum Gasteiger partial charge on any atom is 0.171 e. The van der Waals surface area contributed by atoms with Crippen LogP contribution >= 0.6 is 27.5 Å². The Balaban J connectivity index is 2.25. The van der Waals surface area contributed by atoms with Crippen molar-refractivity contribution in [2.75, 3.05) is 0 Å². The number of rotatable bonds is 3. The van der Waals surface area contributed by atoms with Gasteiger partial charge in [0.15, 0.2) is 5.78 Å². The van der Waals surface area contributed by atoms with Gasteiger partial charge in [-0.05, 0) is 45.8 Å². The summed E-state index contributed by atoms with van der Waals surface area (Å²) in [5.74, 6) is -0.773. The molecule has 0 spiro atoms. The Morgan fingerprint density at radius 3 is 2.44 bits per heavy atom. The van der Waals surface area contributed by atoms with Gasteiger partial charge in [0.25, 0.3) is 0 Å². The first-order valence-corrected chi connectivity index (χ1v) is 6.46. The third-order valence-corrected chi connectivity index (χ3v) is 3.43. The van der Waals surface area contributed by atoms with Crippen molar-refractivity contribution in [1.29, 1.82) is 0 Å². The minimum Gasteiger partial charge on any atom is -0.294 e. The molecular weight excluding hydrogens is 319 g/mol. The molecule has 2 rings (SSSR count). The summed E-state index contributed by atoms with van der Waals surface area (Å²) in [6.07, 6.45) is 0.150. The van der Waals surface area contributed by atoms with Crippen LogP contribution in [-0.4, -0.2) is 5.78 Å². The molecule has 18 heavy (non-hydrogen) atoms. The minimum absolute atomic E-state index is 0.0902. The zero-order valence-electron chi connectivity index (χ0n) is 9.29. The fourth-order valence-corrected chi connectivity index (χ4v) is 2.33. The van der Waals surface area contributed by atoms with Gasteiger partial charge in [-0.3, -0.25) is 4.79 Å². The molecule has 0 aliphatic heterocycles. The van der Waals surface area contributed by atoms with Crippen molar-refractivity contribution >= 4 is 33.3 Å². The lowest BCUT2D eigenvalue weighted by molar-refractivity contribution is 0.0988. The second-order valence-electron chi connectivity index (χ2n) is 3.82. The van der Waals surface area contributed by atoms with Crippen LogP contribution in [0.5, 0.6) is 0 Å². The van der Waals surface area contributed by atoms with E-state index in [4.69, 9.17) is 11.6 Å². The smallest absolute Gasteiger partial charge is 0.171 e. The van der Waals surface area contributed by atoms with Gasteiger partial charge in [0, 0.05) is 15.9 Å². The molecule has 0 saturated carbocycles. The minimum atomic E-state index is -0.511. The van der Waals surface area contributed by atoms with Crippen molar-refractivity contribution < 1.29 is 9.18 Å². The monoisotopic (exact) mass is 326 g/mol. The average molecular weight is 328 g/mol. The van der Waals surface area contributed by atoms with Crippen LogP contribution in [-0.2, 0) is 6.42 Å². The maximum absolute atomic E-state index is 13.6. The zero-order chi connectivity index (χ0) is 13.1. The number of hydrogen-bond donors (Lipinski definition) is 0. The number of Topliss-reactive ketones (excluding diaryl/α,β-unsaturated/α-hetero) is 1. The predicted octanol–water partition coefficient (Wildman–Crippen LogP) is 4.67. The third-order valence-electron chi connectivity index (χ3n) is 2.52. The topological polar surface area (TPSA) is 17.1 Å². The number of benzene rings is 2. The first-order chi connectivity index (χ1) is 8.58. The number of carbonyl (C=O) groups is 1. The van der Waals surface area contributed by atoms with E-state index in [1.54, 1.807) is 36.4 Å². The first-order valence-electron chi connectivity index (χ1n) is 5.29. The third kappa shape index (κ3) is 2.98. The van der Waals surface area contributed by atoms with Crippen LogP contribution in [0.4, 0.5) is 4.39 Å². The van der Waals surface area contributed by atoms with Gasteiger partial charge in [-0.2, -0.15) is 0 Å². The second-order valence-corrected chi connectivity index (χ2v) is 5.11. The van der Waals surface area contributed by atoms with Crippen LogP contribution in [0.25, 0.3) is 0 Å². The van der Waals surface area contributed by atoms with Crippen molar-refractivity contribution in [1.82, 2.24) is 0 Å². The van der Waals surface area contributed by atoms with Crippen LogP contribution in [0.15, 0.2) is 46.9 Å². The average Bonchev–Trinajstić information content (AvgIpc) is 2.32. The molecule has 0 heterocycles. The van der Waals surface area contributed by atoms with Crippen molar-refractivity contribution in [3.05, 3.63) is 68.9 Å². The first kappa shape index (κ1) is 13.2. The van der Waals surface area contributed by atoms with Gasteiger partial charge in [0.1, 0.15) is 5.82 Å². The van der Waals surface area contributed by atoms with Gasteiger partial charge in [-0.1, -0.05) is 29.8 Å². The molecular formula is C14H9BrClFO. The van der Waals surface area contributed by atoms with E-state index >= 15 is 0 Å². The fourth-order valence-electron chi connectivity index (χ4n) is 1.64. The lowest BCUT2D eigenvalue weighted by atomic mass is 10.0. The lowest BCUT2D eigenvalue weighted by Crippen LogP contribution is -2.07. The highest BCUT2D eigenvalue weighted by molar-refractivity contribution is 9.10. The number of halogens is 3. The highest BCUT2D eigenvalue weighted by atomic mass is 79.9. The Kier molecular flexibility index (Phi) is 4.15. The molecule has 0 bridgehead atoms. The lowest BCUT2D eigenvalue weighted by Gasteiger charge is -2.05. The van der Waals surface area contributed by atoms with E-state index < -0.39 is 5.82 Å². The molecule has 92 valence electrons. The molecule has 0 unspecified atom stereocenters. The second kappa shape index (κ2) is 5.63. The van der Waals surface area contributed by atoms with E-state index in [2.05, 4.69) is 15.9 Å². The van der Waals surface area contributed by atoms with E-state index in [9.17, 15) is 9.18 Å². The molecule has 1 nitrogen and oxygen atoms in total. The fraction of sp³-hybridized carbons (Fsp3) is 0.0714. The van der Waals surface area contributed by atoms with E-state index in [1.165, 1.54) is 6.07 Å². The Hall–Kier alpha value is -1.19. The number of ketones is 1. The largest absolute Gasteiger partial charge is 0.294 e. The van der Waals surface area contributed by atoms with Gasteiger partial charge >= 0.3 is 0 Å². The molecule has 0 saturated heterocycles. The standard InChI is InChI=1S/C14H9BrClFO/c15-11-2-1-3-12(17)14(11)13(18)8-9-4-6-10(16)7-5-9/h1-7H,8H2. The maximum atomic E-state index is 13.6. The molecule has 0 radical (unpaired) electrons. The Morgan fingerprint density at radius 1 is 1.17 bits per heavy atom. The molecule has 0 aliphatic carbocycles. The van der Waals surface area contributed by atoms with Crippen molar-refractivity contribution in [2.45, 2.75) is 6.42 Å². The Morgan fingerprint density at radius 2 is 1.83 bits per heavy atom. The highest BCUT2D eigenvalue weighted by Crippen LogP contribution is 2.22. The van der Waals surface area contributed by atoms with Crippen molar-refractivity contribution in [2.24, 2.45) is 0 Å².